The fourth-order valence-corrected chi connectivity index (χ4v) is 2.05. The first-order chi connectivity index (χ1) is 7.94. The van der Waals surface area contributed by atoms with Crippen LogP contribution in [-0.4, -0.2) is 22.8 Å². The Hall–Kier alpha value is -1.04. The zero-order valence-electron chi connectivity index (χ0n) is 9.60. The zero-order chi connectivity index (χ0) is 12.5. The van der Waals surface area contributed by atoms with Gasteiger partial charge in [-0.2, -0.15) is 13.2 Å². The molecule has 0 amide bonds. The van der Waals surface area contributed by atoms with Crippen molar-refractivity contribution in [1.82, 2.24) is 9.97 Å². The second-order valence-corrected chi connectivity index (χ2v) is 4.56. The van der Waals surface area contributed by atoms with Crippen molar-refractivity contribution in [1.29, 1.82) is 0 Å². The summed E-state index contributed by atoms with van der Waals surface area (Å²) in [6, 6.07) is 0. The van der Waals surface area contributed by atoms with Crippen LogP contribution in [-0.2, 0) is 24.2 Å². The van der Waals surface area contributed by atoms with E-state index in [0.717, 1.165) is 30.7 Å². The summed E-state index contributed by atoms with van der Waals surface area (Å²) in [6.45, 7) is 0.819. The van der Waals surface area contributed by atoms with E-state index in [-0.39, 0.29) is 6.61 Å². The summed E-state index contributed by atoms with van der Waals surface area (Å²) < 4.78 is 40.2. The summed E-state index contributed by atoms with van der Waals surface area (Å²) in [5.41, 5.74) is 2.03. The Bertz CT molecular complexity index is 387. The van der Waals surface area contributed by atoms with Crippen molar-refractivity contribution in [3.63, 3.8) is 0 Å². The van der Waals surface area contributed by atoms with Crippen LogP contribution in [0.1, 0.15) is 30.6 Å². The van der Waals surface area contributed by atoms with E-state index in [4.69, 9.17) is 0 Å². The number of rotatable bonds is 3. The van der Waals surface area contributed by atoms with Gasteiger partial charge >= 0.3 is 6.18 Å². The van der Waals surface area contributed by atoms with Crippen molar-refractivity contribution in [2.75, 3.05) is 6.61 Å². The number of H-pyrrole nitrogens is 1. The number of halogens is 3. The number of aryl methyl sites for hydroxylation is 1. The van der Waals surface area contributed by atoms with Crippen molar-refractivity contribution in [2.24, 2.45) is 5.92 Å². The molecule has 2 rings (SSSR count). The van der Waals surface area contributed by atoms with Crippen LogP contribution in [0.15, 0.2) is 0 Å². The fraction of sp³-hybridized carbons (Fsp3) is 0.727. The minimum Gasteiger partial charge on any atom is -0.364 e. The second kappa shape index (κ2) is 4.68. The van der Waals surface area contributed by atoms with Gasteiger partial charge in [0.25, 0.3) is 0 Å². The van der Waals surface area contributed by atoms with Gasteiger partial charge < -0.3 is 9.72 Å². The third kappa shape index (κ3) is 3.46. The zero-order valence-corrected chi connectivity index (χ0v) is 9.60. The molecule has 0 saturated heterocycles. The van der Waals surface area contributed by atoms with E-state index < -0.39 is 12.8 Å². The third-order valence-electron chi connectivity index (χ3n) is 2.84. The maximum Gasteiger partial charge on any atom is 0.411 e. The summed E-state index contributed by atoms with van der Waals surface area (Å²) >= 11 is 0. The lowest BCUT2D eigenvalue weighted by molar-refractivity contribution is -0.177. The van der Waals surface area contributed by atoms with E-state index in [9.17, 15) is 13.2 Å². The number of nitrogens with zero attached hydrogens (tertiary/aromatic N) is 1. The van der Waals surface area contributed by atoms with Gasteiger partial charge in [-0.1, -0.05) is 6.92 Å². The molecule has 1 atom stereocenters. The lowest BCUT2D eigenvalue weighted by Crippen LogP contribution is -2.17. The number of hydrogen-bond acceptors (Lipinski definition) is 2. The van der Waals surface area contributed by atoms with Gasteiger partial charge in [-0.15, -0.1) is 0 Å². The third-order valence-corrected chi connectivity index (χ3v) is 2.84. The van der Waals surface area contributed by atoms with Crippen LogP contribution in [0, 0.1) is 5.92 Å². The highest BCUT2D eigenvalue weighted by Crippen LogP contribution is 2.23. The van der Waals surface area contributed by atoms with Crippen molar-refractivity contribution in [3.05, 3.63) is 17.2 Å². The number of ether oxygens (including phenoxy) is 1. The predicted octanol–water partition coefficient (Wildman–Crippen LogP) is 2.61. The number of aromatic nitrogens is 2. The topological polar surface area (TPSA) is 37.9 Å². The van der Waals surface area contributed by atoms with E-state index in [1.807, 2.05) is 0 Å². The van der Waals surface area contributed by atoms with Gasteiger partial charge in [0.1, 0.15) is 19.0 Å². The van der Waals surface area contributed by atoms with E-state index >= 15 is 0 Å². The molecule has 96 valence electrons. The highest BCUT2D eigenvalue weighted by Gasteiger charge is 2.27. The molecule has 0 fully saturated rings. The monoisotopic (exact) mass is 248 g/mol. The average Bonchev–Trinajstić information content (AvgIpc) is 2.57. The fourth-order valence-electron chi connectivity index (χ4n) is 2.05. The Morgan fingerprint density at radius 3 is 2.94 bits per heavy atom. The van der Waals surface area contributed by atoms with Gasteiger partial charge in [-0.25, -0.2) is 4.98 Å². The number of hydrogen-bond donors (Lipinski definition) is 1. The lowest BCUT2D eigenvalue weighted by atomic mass is 9.92. The van der Waals surface area contributed by atoms with Gasteiger partial charge in [-0.05, 0) is 25.2 Å². The molecule has 0 saturated carbocycles. The summed E-state index contributed by atoms with van der Waals surface area (Å²) in [6.07, 6.45) is -1.38. The molecular weight excluding hydrogens is 233 g/mol. The Kier molecular flexibility index (Phi) is 3.42. The number of nitrogens with one attached hydrogen (secondary N) is 1. The van der Waals surface area contributed by atoms with E-state index in [2.05, 4.69) is 21.6 Å². The maximum absolute atomic E-state index is 11.9. The molecule has 0 radical (unpaired) electrons. The molecule has 3 nitrogen and oxygen atoms in total. The summed E-state index contributed by atoms with van der Waals surface area (Å²) in [7, 11) is 0. The van der Waals surface area contributed by atoms with Crippen LogP contribution in [0.4, 0.5) is 13.2 Å². The molecular formula is C11H15F3N2O. The molecule has 1 N–H and O–H groups in total. The first-order valence-electron chi connectivity index (χ1n) is 5.65. The summed E-state index contributed by atoms with van der Waals surface area (Å²) in [5, 5.41) is 0. The molecule has 1 aliphatic carbocycles. The largest absolute Gasteiger partial charge is 0.411 e. The Labute approximate surface area is 97.4 Å². The van der Waals surface area contributed by atoms with Crippen molar-refractivity contribution in [2.45, 2.75) is 39.0 Å². The normalized spacial score (nSPS) is 20.4. The standard InChI is InChI=1S/C11H15F3N2O/c1-7-2-3-8-9(4-7)16-10(15-8)5-17-6-11(12,13)14/h7H,2-6H2,1H3,(H,15,16). The second-order valence-electron chi connectivity index (χ2n) is 4.56. The Morgan fingerprint density at radius 2 is 2.24 bits per heavy atom. The van der Waals surface area contributed by atoms with Crippen LogP contribution in [0.5, 0.6) is 0 Å². The maximum atomic E-state index is 11.9. The minimum atomic E-state index is -4.28. The molecule has 1 unspecified atom stereocenters. The molecule has 1 aliphatic rings. The van der Waals surface area contributed by atoms with E-state index in [0.29, 0.717) is 11.7 Å². The highest BCUT2D eigenvalue weighted by atomic mass is 19.4. The molecule has 1 aromatic heterocycles. The summed E-state index contributed by atoms with van der Waals surface area (Å²) in [5.74, 6) is 1.10. The van der Waals surface area contributed by atoms with Gasteiger partial charge in [0, 0.05) is 5.69 Å². The molecule has 0 aliphatic heterocycles. The summed E-state index contributed by atoms with van der Waals surface area (Å²) in [4.78, 5) is 7.30. The first kappa shape index (κ1) is 12.4. The Morgan fingerprint density at radius 1 is 1.47 bits per heavy atom. The lowest BCUT2D eigenvalue weighted by Gasteiger charge is -2.15. The first-order valence-corrected chi connectivity index (χ1v) is 5.65. The molecule has 0 aromatic carbocycles. The van der Waals surface area contributed by atoms with Crippen LogP contribution < -0.4 is 0 Å². The highest BCUT2D eigenvalue weighted by molar-refractivity contribution is 5.18. The van der Waals surface area contributed by atoms with E-state index in [1.54, 1.807) is 0 Å². The van der Waals surface area contributed by atoms with Crippen molar-refractivity contribution >= 4 is 0 Å². The molecule has 0 bridgehead atoms. The predicted molar refractivity (Wildman–Crippen MR) is 55.5 cm³/mol. The number of fused-ring (bicyclic) bond motifs is 1. The van der Waals surface area contributed by atoms with Gasteiger partial charge in [0.05, 0.1) is 5.69 Å². The molecule has 0 spiro atoms. The van der Waals surface area contributed by atoms with Gasteiger partial charge in [0.15, 0.2) is 0 Å². The smallest absolute Gasteiger partial charge is 0.364 e. The molecule has 17 heavy (non-hydrogen) atoms. The van der Waals surface area contributed by atoms with Crippen LogP contribution in [0.3, 0.4) is 0 Å². The SMILES string of the molecule is CC1CCc2nc(COCC(F)(F)F)[nH]c2C1. The minimum absolute atomic E-state index is 0.110. The molecule has 1 heterocycles. The Balaban J connectivity index is 1.90. The van der Waals surface area contributed by atoms with Gasteiger partial charge in [-0.3, -0.25) is 0 Å². The van der Waals surface area contributed by atoms with Crippen molar-refractivity contribution < 1.29 is 17.9 Å². The van der Waals surface area contributed by atoms with Crippen LogP contribution >= 0.6 is 0 Å². The van der Waals surface area contributed by atoms with Crippen LogP contribution in [0.25, 0.3) is 0 Å². The molecule has 1 aromatic rings. The number of imidazole rings is 1. The van der Waals surface area contributed by atoms with E-state index in [1.165, 1.54) is 0 Å². The molecule has 6 heteroatoms. The average molecular weight is 248 g/mol. The van der Waals surface area contributed by atoms with Gasteiger partial charge in [0.2, 0.25) is 0 Å². The number of aromatic amines is 1. The quantitative estimate of drug-likeness (QED) is 0.892. The van der Waals surface area contributed by atoms with Crippen molar-refractivity contribution in [3.8, 4) is 0 Å². The van der Waals surface area contributed by atoms with Crippen LogP contribution in [0.2, 0.25) is 0 Å². The number of alkyl halides is 3.